The zero-order chi connectivity index (χ0) is 20.4. The number of rotatable bonds is 8. The summed E-state index contributed by atoms with van der Waals surface area (Å²) in [4.78, 5) is 19.8. The Hall–Kier alpha value is 0.770. The third-order valence-electron chi connectivity index (χ3n) is 5.30. The van der Waals surface area contributed by atoms with Crippen molar-refractivity contribution >= 4 is 23.5 Å². The molecule has 12 heteroatoms. The first-order chi connectivity index (χ1) is 12.4. The van der Waals surface area contributed by atoms with Crippen LogP contribution in [-0.2, 0) is 31.7 Å². The van der Waals surface area contributed by atoms with Gasteiger partial charge in [0.25, 0.3) is 0 Å². The first kappa shape index (κ1) is 24.0. The Bertz CT molecular complexity index is 491. The van der Waals surface area contributed by atoms with Gasteiger partial charge >= 0.3 is 162 Å². The van der Waals surface area contributed by atoms with Crippen molar-refractivity contribution in [2.45, 2.75) is 26.7 Å². The third-order valence-corrected chi connectivity index (χ3v) is 9.21. The van der Waals surface area contributed by atoms with Gasteiger partial charge in [-0.1, -0.05) is 0 Å². The summed E-state index contributed by atoms with van der Waals surface area (Å²) in [5.41, 5.74) is -0.928. The van der Waals surface area contributed by atoms with E-state index >= 15 is 0 Å². The normalized spacial score (nSPS) is 37.9. The van der Waals surface area contributed by atoms with E-state index in [-0.39, 0.29) is 13.2 Å². The fourth-order valence-corrected chi connectivity index (χ4v) is 6.19. The molecule has 0 aromatic heterocycles. The zero-order valence-electron chi connectivity index (χ0n) is 16.9. The Morgan fingerprint density at radius 1 is 0.852 bits per heavy atom. The van der Waals surface area contributed by atoms with Crippen molar-refractivity contribution in [1.82, 2.24) is 0 Å². The molecule has 2 heterocycles. The quantitative estimate of drug-likeness (QED) is 0.537. The van der Waals surface area contributed by atoms with Gasteiger partial charge < -0.3 is 0 Å². The molecule has 0 bridgehead atoms. The van der Waals surface area contributed by atoms with Crippen molar-refractivity contribution < 1.29 is 41.5 Å². The van der Waals surface area contributed by atoms with Gasteiger partial charge in [0.15, 0.2) is 0 Å². The molecule has 0 radical (unpaired) electrons. The van der Waals surface area contributed by atoms with Crippen LogP contribution in [0, 0.1) is 10.8 Å². The molecule has 0 atom stereocenters. The zero-order valence-corrected chi connectivity index (χ0v) is 19.8. The molecule has 2 aliphatic rings. The van der Waals surface area contributed by atoms with Crippen LogP contribution < -0.4 is 0 Å². The molecular weight excluding hydrogens is 417 g/mol. The predicted octanol–water partition coefficient (Wildman–Crippen LogP) is 2.96. The Morgan fingerprint density at radius 2 is 1.15 bits per heavy atom. The summed E-state index contributed by atoms with van der Waals surface area (Å²) in [6.07, 6.45) is 1.38. The third kappa shape index (κ3) is 6.91. The SMILES string of the molecule is CCC1(COP(C)(=O)OCC2(CC)CO[PH](C)(O)OC2)CO[PH](C)(O)OC1. The van der Waals surface area contributed by atoms with E-state index in [1.807, 2.05) is 13.8 Å². The van der Waals surface area contributed by atoms with E-state index in [1.54, 1.807) is 13.3 Å². The summed E-state index contributed by atoms with van der Waals surface area (Å²) in [5.74, 6) is 0. The summed E-state index contributed by atoms with van der Waals surface area (Å²) in [6, 6.07) is 0. The summed E-state index contributed by atoms with van der Waals surface area (Å²) < 4.78 is 45.9. The van der Waals surface area contributed by atoms with Crippen molar-refractivity contribution in [3.8, 4) is 0 Å². The summed E-state index contributed by atoms with van der Waals surface area (Å²) >= 11 is 0. The van der Waals surface area contributed by atoms with Crippen LogP contribution in [0.15, 0.2) is 0 Å². The van der Waals surface area contributed by atoms with Crippen LogP contribution in [0.25, 0.3) is 0 Å². The van der Waals surface area contributed by atoms with Crippen molar-refractivity contribution in [2.75, 3.05) is 59.6 Å². The fraction of sp³-hybridized carbons (Fsp3) is 1.00. The van der Waals surface area contributed by atoms with E-state index in [0.29, 0.717) is 39.3 Å². The van der Waals surface area contributed by atoms with E-state index in [0.717, 1.165) is 0 Å². The van der Waals surface area contributed by atoms with E-state index in [1.165, 1.54) is 6.66 Å². The molecular formula is C15H35O9P3. The molecule has 0 aliphatic carbocycles. The Balaban J connectivity index is 1.88. The van der Waals surface area contributed by atoms with Gasteiger partial charge in [0.1, 0.15) is 0 Å². The van der Waals surface area contributed by atoms with Gasteiger partial charge in [-0.15, -0.1) is 0 Å². The topological polar surface area (TPSA) is 113 Å². The second-order valence-electron chi connectivity index (χ2n) is 7.98. The van der Waals surface area contributed by atoms with E-state index < -0.39 is 34.3 Å². The van der Waals surface area contributed by atoms with Crippen molar-refractivity contribution in [2.24, 2.45) is 10.8 Å². The predicted molar refractivity (Wildman–Crippen MR) is 108 cm³/mol. The molecule has 27 heavy (non-hydrogen) atoms. The van der Waals surface area contributed by atoms with Gasteiger partial charge in [0, 0.05) is 0 Å². The summed E-state index contributed by atoms with van der Waals surface area (Å²) in [6.45, 7) is 9.99. The molecule has 0 amide bonds. The standard InChI is InChI=1S/C15H35O9P3/c1-6-14(8-19-25(3,16)20-9-14)12-23-27(5,18)24-13-15(7-2)10-21-26(4,17)22-11-15/h16-17,25-26H,6-13H2,1-5H3. The van der Waals surface area contributed by atoms with Crippen molar-refractivity contribution in [3.05, 3.63) is 0 Å². The van der Waals surface area contributed by atoms with Gasteiger partial charge in [-0.3, -0.25) is 0 Å². The molecule has 0 aromatic carbocycles. The van der Waals surface area contributed by atoms with Crippen molar-refractivity contribution in [3.63, 3.8) is 0 Å². The Labute approximate surface area is 162 Å². The minimum atomic E-state index is -3.33. The van der Waals surface area contributed by atoms with E-state index in [2.05, 4.69) is 0 Å². The second kappa shape index (κ2) is 8.87. The maximum atomic E-state index is 12.8. The summed E-state index contributed by atoms with van der Waals surface area (Å²) in [5, 5.41) is 0. The minimum absolute atomic E-state index is 0.148. The average molecular weight is 452 g/mol. The molecule has 2 rings (SSSR count). The van der Waals surface area contributed by atoms with Crippen LogP contribution in [0.1, 0.15) is 26.7 Å². The fourth-order valence-electron chi connectivity index (χ4n) is 2.64. The van der Waals surface area contributed by atoms with Crippen LogP contribution in [0.3, 0.4) is 0 Å². The maximum absolute atomic E-state index is 12.8. The van der Waals surface area contributed by atoms with Gasteiger partial charge in [-0.05, 0) is 0 Å². The number of hydrogen-bond donors (Lipinski definition) is 2. The van der Waals surface area contributed by atoms with Gasteiger partial charge in [0.05, 0.1) is 0 Å². The molecule has 9 nitrogen and oxygen atoms in total. The van der Waals surface area contributed by atoms with Gasteiger partial charge in [-0.2, -0.15) is 0 Å². The molecule has 2 fully saturated rings. The Kier molecular flexibility index (Phi) is 7.90. The monoisotopic (exact) mass is 452 g/mol. The number of hydrogen-bond acceptors (Lipinski definition) is 9. The molecule has 2 N–H and O–H groups in total. The van der Waals surface area contributed by atoms with Gasteiger partial charge in [-0.25, -0.2) is 0 Å². The molecule has 0 spiro atoms. The first-order valence-electron chi connectivity index (χ1n) is 9.23. The van der Waals surface area contributed by atoms with Crippen LogP contribution in [0.4, 0.5) is 0 Å². The second-order valence-corrected chi connectivity index (χ2v) is 14.8. The summed E-state index contributed by atoms with van der Waals surface area (Å²) in [7, 11) is -9.40. The van der Waals surface area contributed by atoms with Crippen LogP contribution >= 0.6 is 23.5 Å². The molecule has 164 valence electrons. The van der Waals surface area contributed by atoms with Crippen LogP contribution in [0.5, 0.6) is 0 Å². The molecule has 0 saturated carbocycles. The van der Waals surface area contributed by atoms with Crippen LogP contribution in [-0.4, -0.2) is 69.4 Å². The van der Waals surface area contributed by atoms with Gasteiger partial charge in [0.2, 0.25) is 0 Å². The average Bonchev–Trinajstić information content (AvgIpc) is 2.61. The molecule has 2 aliphatic heterocycles. The van der Waals surface area contributed by atoms with E-state index in [9.17, 15) is 14.4 Å². The molecule has 0 aromatic rings. The van der Waals surface area contributed by atoms with Crippen LogP contribution in [0.2, 0.25) is 0 Å². The first-order valence-corrected chi connectivity index (χ1v) is 15.8. The molecule has 2 saturated heterocycles. The Morgan fingerprint density at radius 3 is 1.41 bits per heavy atom. The molecule has 0 unspecified atom stereocenters. The van der Waals surface area contributed by atoms with Crippen molar-refractivity contribution in [1.29, 1.82) is 0 Å². The van der Waals surface area contributed by atoms with E-state index in [4.69, 9.17) is 27.1 Å².